The number of rotatable bonds is 6. The van der Waals surface area contributed by atoms with Gasteiger partial charge in [-0.15, -0.1) is 0 Å². The predicted octanol–water partition coefficient (Wildman–Crippen LogP) is 2.91. The first kappa shape index (κ1) is 19.2. The number of ether oxygens (including phenoxy) is 3. The first-order valence-corrected chi connectivity index (χ1v) is 7.85. The van der Waals surface area contributed by atoms with Crippen LogP contribution in [0.2, 0.25) is 0 Å². The van der Waals surface area contributed by atoms with Gasteiger partial charge in [0.25, 0.3) is 0 Å². The second-order valence-corrected chi connectivity index (χ2v) is 5.76. The van der Waals surface area contributed by atoms with Crippen LogP contribution in [0.3, 0.4) is 0 Å². The zero-order valence-electron chi connectivity index (χ0n) is 15.0. The average molecular weight is 360 g/mol. The zero-order chi connectivity index (χ0) is 19.4. The Morgan fingerprint density at radius 1 is 1.04 bits per heavy atom. The molecule has 7 nitrogen and oxygen atoms in total. The topological polar surface area (TPSA) is 92.0 Å². The molecule has 0 saturated carbocycles. The number of carbonyl (C=O) groups is 2. The Bertz CT molecular complexity index is 910. The Hall–Kier alpha value is -3.09. The van der Waals surface area contributed by atoms with Crippen LogP contribution in [0.1, 0.15) is 32.4 Å². The molecule has 0 unspecified atom stereocenters. The summed E-state index contributed by atoms with van der Waals surface area (Å²) in [5.41, 5.74) is 0.338. The summed E-state index contributed by atoms with van der Waals surface area (Å²) in [6.07, 6.45) is -2.08. The number of hydrogen-bond donors (Lipinski definition) is 0. The van der Waals surface area contributed by atoms with Gasteiger partial charge in [0, 0.05) is 25.3 Å². The van der Waals surface area contributed by atoms with E-state index in [9.17, 15) is 14.4 Å². The third kappa shape index (κ3) is 4.11. The Balaban J connectivity index is 2.79. The maximum atomic E-state index is 11.7. The minimum Gasteiger partial charge on any atom is -0.496 e. The quantitative estimate of drug-likeness (QED) is 0.444. The summed E-state index contributed by atoms with van der Waals surface area (Å²) >= 11 is 0. The molecule has 2 aromatic rings. The molecular formula is C19H20O7. The highest BCUT2D eigenvalue weighted by Crippen LogP contribution is 2.38. The maximum Gasteiger partial charge on any atom is 0.336 e. The van der Waals surface area contributed by atoms with E-state index in [2.05, 4.69) is 6.58 Å². The van der Waals surface area contributed by atoms with Crippen molar-refractivity contribution in [2.75, 3.05) is 7.11 Å². The fraction of sp³-hybridized carbons (Fsp3) is 0.316. The zero-order valence-corrected chi connectivity index (χ0v) is 15.0. The van der Waals surface area contributed by atoms with Gasteiger partial charge < -0.3 is 18.6 Å². The third-order valence-corrected chi connectivity index (χ3v) is 3.64. The van der Waals surface area contributed by atoms with Gasteiger partial charge in [0.2, 0.25) is 0 Å². The molecule has 1 heterocycles. The number of benzene rings is 1. The van der Waals surface area contributed by atoms with E-state index in [1.54, 1.807) is 25.1 Å². The van der Waals surface area contributed by atoms with Gasteiger partial charge in [-0.1, -0.05) is 6.58 Å². The summed E-state index contributed by atoms with van der Waals surface area (Å²) in [7, 11) is 1.43. The number of fused-ring (bicyclic) bond motifs is 1. The van der Waals surface area contributed by atoms with Crippen molar-refractivity contribution in [3.05, 3.63) is 52.4 Å². The summed E-state index contributed by atoms with van der Waals surface area (Å²) in [6.45, 7) is 7.91. The van der Waals surface area contributed by atoms with Crippen LogP contribution < -0.4 is 10.4 Å². The molecule has 26 heavy (non-hydrogen) atoms. The minimum atomic E-state index is -1.10. The second-order valence-electron chi connectivity index (χ2n) is 5.76. The minimum absolute atomic E-state index is 0.182. The fourth-order valence-corrected chi connectivity index (χ4v) is 2.63. The van der Waals surface area contributed by atoms with Crippen molar-refractivity contribution < 1.29 is 28.2 Å². The molecule has 0 radical (unpaired) electrons. The smallest absolute Gasteiger partial charge is 0.336 e. The van der Waals surface area contributed by atoms with E-state index in [-0.39, 0.29) is 11.1 Å². The van der Waals surface area contributed by atoms with Gasteiger partial charge in [-0.05, 0) is 30.7 Å². The largest absolute Gasteiger partial charge is 0.496 e. The Labute approximate surface area is 150 Å². The lowest BCUT2D eigenvalue weighted by atomic mass is 9.96. The summed E-state index contributed by atoms with van der Waals surface area (Å²) in [5.74, 6) is -0.863. The van der Waals surface area contributed by atoms with Crippen LogP contribution in [0.15, 0.2) is 45.6 Å². The van der Waals surface area contributed by atoms with Crippen molar-refractivity contribution in [1.29, 1.82) is 0 Å². The predicted molar refractivity (Wildman–Crippen MR) is 93.9 cm³/mol. The van der Waals surface area contributed by atoms with Crippen LogP contribution in [0.5, 0.6) is 5.75 Å². The van der Waals surface area contributed by atoms with E-state index in [1.807, 2.05) is 0 Å². The van der Waals surface area contributed by atoms with E-state index in [0.717, 1.165) is 0 Å². The van der Waals surface area contributed by atoms with Crippen LogP contribution in [0.4, 0.5) is 0 Å². The first-order chi connectivity index (χ1) is 12.2. The number of carbonyl (C=O) groups excluding carboxylic acids is 2. The van der Waals surface area contributed by atoms with Crippen LogP contribution >= 0.6 is 0 Å². The highest BCUT2D eigenvalue weighted by Gasteiger charge is 2.34. The normalized spacial score (nSPS) is 12.9. The summed E-state index contributed by atoms with van der Waals surface area (Å²) in [6, 6.07) is 6.21. The van der Waals surface area contributed by atoms with Gasteiger partial charge in [-0.2, -0.15) is 0 Å². The van der Waals surface area contributed by atoms with E-state index in [4.69, 9.17) is 18.6 Å². The third-order valence-electron chi connectivity index (χ3n) is 3.64. The Kier molecular flexibility index (Phi) is 5.82. The fourth-order valence-electron chi connectivity index (χ4n) is 2.63. The summed E-state index contributed by atoms with van der Waals surface area (Å²) < 4.78 is 21.5. The number of esters is 2. The average Bonchev–Trinajstić information content (AvgIpc) is 2.56. The van der Waals surface area contributed by atoms with Gasteiger partial charge in [-0.25, -0.2) is 4.79 Å². The van der Waals surface area contributed by atoms with E-state index in [0.29, 0.717) is 16.7 Å². The van der Waals surface area contributed by atoms with Crippen molar-refractivity contribution in [1.82, 2.24) is 0 Å². The lowest BCUT2D eigenvalue weighted by Gasteiger charge is -2.28. The molecule has 0 aliphatic carbocycles. The molecule has 0 bridgehead atoms. The summed E-state index contributed by atoms with van der Waals surface area (Å²) in [4.78, 5) is 35.0. The summed E-state index contributed by atoms with van der Waals surface area (Å²) in [5, 5.41) is 0.598. The molecule has 0 saturated heterocycles. The van der Waals surface area contributed by atoms with E-state index >= 15 is 0 Å². The van der Waals surface area contributed by atoms with Crippen molar-refractivity contribution >= 4 is 22.9 Å². The molecule has 2 atom stereocenters. The Morgan fingerprint density at radius 3 is 2.19 bits per heavy atom. The van der Waals surface area contributed by atoms with Crippen LogP contribution in [-0.4, -0.2) is 25.2 Å². The van der Waals surface area contributed by atoms with Crippen LogP contribution in [0.25, 0.3) is 11.0 Å². The van der Waals surface area contributed by atoms with Crippen molar-refractivity contribution in [3.63, 3.8) is 0 Å². The monoisotopic (exact) mass is 360 g/mol. The molecule has 0 amide bonds. The molecule has 0 N–H and O–H groups in total. The van der Waals surface area contributed by atoms with Crippen molar-refractivity contribution in [2.24, 2.45) is 0 Å². The molecule has 0 aliphatic rings. The second kappa shape index (κ2) is 7.86. The molecule has 138 valence electrons. The molecule has 0 spiro atoms. The van der Waals surface area contributed by atoms with Gasteiger partial charge >= 0.3 is 17.6 Å². The molecule has 0 aliphatic heterocycles. The highest BCUT2D eigenvalue weighted by atomic mass is 16.6. The lowest BCUT2D eigenvalue weighted by molar-refractivity contribution is -0.163. The number of hydrogen-bond acceptors (Lipinski definition) is 7. The van der Waals surface area contributed by atoms with Gasteiger partial charge in [0.15, 0.2) is 12.2 Å². The van der Waals surface area contributed by atoms with Crippen molar-refractivity contribution in [3.8, 4) is 5.75 Å². The Morgan fingerprint density at radius 2 is 1.65 bits per heavy atom. The van der Waals surface area contributed by atoms with Crippen LogP contribution in [0, 0.1) is 0 Å². The van der Waals surface area contributed by atoms with Crippen LogP contribution in [-0.2, 0) is 19.1 Å². The molecule has 2 rings (SSSR count). The molecule has 7 heteroatoms. The van der Waals surface area contributed by atoms with E-state index < -0.39 is 29.8 Å². The van der Waals surface area contributed by atoms with Gasteiger partial charge in [0.1, 0.15) is 11.3 Å². The molecule has 1 aromatic carbocycles. The molecular weight excluding hydrogens is 340 g/mol. The highest BCUT2D eigenvalue weighted by molar-refractivity contribution is 5.83. The standard InChI is InChI=1S/C19H20O7/c1-10(2)17(24-11(3)20)19(25-12(4)21)16-14(23-5)8-6-13-7-9-15(22)26-18(13)16/h6-9,17,19H,1H2,2-5H3/t17-,19+/m0/s1. The van der Waals surface area contributed by atoms with Crippen molar-refractivity contribution in [2.45, 2.75) is 33.0 Å². The molecule has 0 fully saturated rings. The van der Waals surface area contributed by atoms with Gasteiger partial charge in [-0.3, -0.25) is 9.59 Å². The first-order valence-electron chi connectivity index (χ1n) is 7.85. The van der Waals surface area contributed by atoms with Gasteiger partial charge in [0.05, 0.1) is 12.7 Å². The SMILES string of the molecule is C=C(C)[C@H](OC(C)=O)[C@H](OC(C)=O)c1c(OC)ccc2ccc(=O)oc12. The van der Waals surface area contributed by atoms with E-state index in [1.165, 1.54) is 27.0 Å². The number of methoxy groups -OCH3 is 1. The maximum absolute atomic E-state index is 11.7. The lowest BCUT2D eigenvalue weighted by Crippen LogP contribution is -2.29. The molecule has 1 aromatic heterocycles.